The molecule has 1 N–H and O–H groups in total. The molecule has 0 saturated heterocycles. The smallest absolute Gasteiger partial charge is 0.136 e. The fourth-order valence-electron chi connectivity index (χ4n) is 7.31. The zero-order valence-corrected chi connectivity index (χ0v) is 15.0. The topological polar surface area (TPSA) is 37.3 Å². The number of carbonyl (C=O) groups is 1. The minimum atomic E-state index is -0.167. The van der Waals surface area contributed by atoms with Gasteiger partial charge in [-0.1, -0.05) is 25.5 Å². The fourth-order valence-corrected chi connectivity index (χ4v) is 7.31. The van der Waals surface area contributed by atoms with E-state index in [-0.39, 0.29) is 11.5 Å². The predicted molar refractivity (Wildman–Crippen MR) is 91.9 cm³/mol. The van der Waals surface area contributed by atoms with Gasteiger partial charge in [-0.3, -0.25) is 4.79 Å². The van der Waals surface area contributed by atoms with Crippen LogP contribution in [0, 0.1) is 34.5 Å². The number of aliphatic hydroxyl groups excluding tert-OH is 1. The van der Waals surface area contributed by atoms with E-state index in [2.05, 4.69) is 19.9 Å². The Balaban J connectivity index is 1.66. The van der Waals surface area contributed by atoms with Crippen LogP contribution in [0.2, 0.25) is 0 Å². The molecule has 4 aliphatic rings. The number of carbonyl (C=O) groups excluding carboxylic acids is 1. The van der Waals surface area contributed by atoms with E-state index in [1.165, 1.54) is 37.7 Å². The largest absolute Gasteiger partial charge is 0.393 e. The van der Waals surface area contributed by atoms with Crippen molar-refractivity contribution < 1.29 is 9.90 Å². The van der Waals surface area contributed by atoms with Gasteiger partial charge in [0.05, 0.1) is 6.10 Å². The molecule has 0 spiro atoms. The summed E-state index contributed by atoms with van der Waals surface area (Å²) in [5.41, 5.74) is 2.08. The van der Waals surface area contributed by atoms with Crippen LogP contribution in [-0.2, 0) is 4.79 Å². The molecule has 3 saturated carbocycles. The SMILES string of the molecule is CC(O)[C@H]1CC[C@H]2[C@@H]3CC=C4CC(=O)CC[C@]4(C)[C@H]3CC[C@]12C. The van der Waals surface area contributed by atoms with Gasteiger partial charge in [0.1, 0.15) is 5.78 Å². The van der Waals surface area contributed by atoms with Crippen LogP contribution in [-0.4, -0.2) is 17.0 Å². The maximum absolute atomic E-state index is 11.9. The lowest BCUT2D eigenvalue weighted by Gasteiger charge is -2.57. The van der Waals surface area contributed by atoms with Crippen LogP contribution in [0.4, 0.5) is 0 Å². The first-order valence-corrected chi connectivity index (χ1v) is 9.75. The fraction of sp³-hybridized carbons (Fsp3) is 0.857. The van der Waals surface area contributed by atoms with Crippen molar-refractivity contribution in [1.29, 1.82) is 0 Å². The van der Waals surface area contributed by atoms with E-state index >= 15 is 0 Å². The lowest BCUT2D eigenvalue weighted by atomic mass is 9.47. The Morgan fingerprint density at radius 1 is 1.17 bits per heavy atom. The molecule has 0 aromatic carbocycles. The van der Waals surface area contributed by atoms with Crippen LogP contribution in [0.1, 0.15) is 72.1 Å². The Kier molecular flexibility index (Phi) is 3.58. The van der Waals surface area contributed by atoms with Gasteiger partial charge in [0, 0.05) is 12.8 Å². The van der Waals surface area contributed by atoms with Crippen molar-refractivity contribution in [2.75, 3.05) is 0 Å². The van der Waals surface area contributed by atoms with Gasteiger partial charge in [-0.15, -0.1) is 0 Å². The standard InChI is InChI=1S/C21H32O2/c1-13(22)17-6-7-18-16-5-4-14-12-15(23)8-10-20(14,2)19(16)9-11-21(17,18)3/h4,13,16-19,22H,5-12H2,1-3H3/t13?,16-,17+,18-,19-,20-,21+/m0/s1. The summed E-state index contributed by atoms with van der Waals surface area (Å²) in [4.78, 5) is 11.9. The van der Waals surface area contributed by atoms with Crippen molar-refractivity contribution >= 4 is 5.78 Å². The van der Waals surface area contributed by atoms with E-state index < -0.39 is 0 Å². The molecule has 2 heteroatoms. The highest BCUT2D eigenvalue weighted by Gasteiger charge is 2.59. The number of Topliss-reactive ketones (excluding diaryl/α,β-unsaturated/α-hetero) is 1. The molecule has 2 nitrogen and oxygen atoms in total. The van der Waals surface area contributed by atoms with E-state index in [1.807, 2.05) is 6.92 Å². The van der Waals surface area contributed by atoms with Crippen LogP contribution in [0.15, 0.2) is 11.6 Å². The first-order chi connectivity index (χ1) is 10.9. The van der Waals surface area contributed by atoms with Crippen molar-refractivity contribution in [3.05, 3.63) is 11.6 Å². The van der Waals surface area contributed by atoms with Gasteiger partial charge in [-0.05, 0) is 80.0 Å². The van der Waals surface area contributed by atoms with Crippen LogP contribution in [0.3, 0.4) is 0 Å². The van der Waals surface area contributed by atoms with Crippen molar-refractivity contribution in [2.24, 2.45) is 34.5 Å². The number of ketones is 1. The molecule has 3 fully saturated rings. The van der Waals surface area contributed by atoms with E-state index in [0.29, 0.717) is 17.1 Å². The molecule has 4 rings (SSSR count). The van der Waals surface area contributed by atoms with E-state index in [1.54, 1.807) is 0 Å². The van der Waals surface area contributed by atoms with Gasteiger partial charge < -0.3 is 5.11 Å². The molecule has 23 heavy (non-hydrogen) atoms. The number of fused-ring (bicyclic) bond motifs is 5. The highest BCUT2D eigenvalue weighted by atomic mass is 16.3. The summed E-state index contributed by atoms with van der Waals surface area (Å²) in [5.74, 6) is 3.25. The lowest BCUT2D eigenvalue weighted by molar-refractivity contribution is -0.122. The molecule has 1 unspecified atom stereocenters. The van der Waals surface area contributed by atoms with Gasteiger partial charge in [-0.2, -0.15) is 0 Å². The molecular weight excluding hydrogens is 284 g/mol. The molecule has 0 aromatic rings. The molecule has 0 bridgehead atoms. The molecule has 0 amide bonds. The van der Waals surface area contributed by atoms with E-state index in [4.69, 9.17) is 0 Å². The van der Waals surface area contributed by atoms with Gasteiger partial charge in [0.25, 0.3) is 0 Å². The summed E-state index contributed by atoms with van der Waals surface area (Å²) in [6, 6.07) is 0. The predicted octanol–water partition coefficient (Wildman–Crippen LogP) is 4.52. The van der Waals surface area contributed by atoms with Gasteiger partial charge in [-0.25, -0.2) is 0 Å². The molecule has 0 aliphatic heterocycles. The quantitative estimate of drug-likeness (QED) is 0.722. The minimum absolute atomic E-state index is 0.167. The average molecular weight is 316 g/mol. The zero-order valence-electron chi connectivity index (χ0n) is 15.0. The molecule has 7 atom stereocenters. The summed E-state index contributed by atoms with van der Waals surface area (Å²) in [6.07, 6.45) is 11.1. The molecule has 0 heterocycles. The molecule has 0 aromatic heterocycles. The molecule has 128 valence electrons. The van der Waals surface area contributed by atoms with Crippen molar-refractivity contribution in [3.63, 3.8) is 0 Å². The highest BCUT2D eigenvalue weighted by molar-refractivity contribution is 5.82. The summed E-state index contributed by atoms with van der Waals surface area (Å²) in [6.45, 7) is 6.91. The van der Waals surface area contributed by atoms with E-state index in [0.717, 1.165) is 37.0 Å². The third-order valence-electron chi connectivity index (χ3n) is 8.59. The second-order valence-corrected chi connectivity index (χ2v) is 9.44. The summed E-state index contributed by atoms with van der Waals surface area (Å²) in [5, 5.41) is 10.3. The lowest BCUT2D eigenvalue weighted by Crippen LogP contribution is -2.50. The zero-order chi connectivity index (χ0) is 16.4. The summed E-state index contributed by atoms with van der Waals surface area (Å²) < 4.78 is 0. The van der Waals surface area contributed by atoms with Crippen LogP contribution in [0.5, 0.6) is 0 Å². The maximum Gasteiger partial charge on any atom is 0.136 e. The van der Waals surface area contributed by atoms with Crippen molar-refractivity contribution in [1.82, 2.24) is 0 Å². The van der Waals surface area contributed by atoms with Gasteiger partial charge in [0.2, 0.25) is 0 Å². The Labute approximate surface area is 140 Å². The van der Waals surface area contributed by atoms with Gasteiger partial charge in [0.15, 0.2) is 0 Å². The van der Waals surface area contributed by atoms with Gasteiger partial charge >= 0.3 is 0 Å². The van der Waals surface area contributed by atoms with Crippen molar-refractivity contribution in [3.8, 4) is 0 Å². The monoisotopic (exact) mass is 316 g/mol. The second-order valence-electron chi connectivity index (χ2n) is 9.44. The van der Waals surface area contributed by atoms with E-state index in [9.17, 15) is 9.90 Å². The molecular formula is C21H32O2. The molecule has 4 aliphatic carbocycles. The third-order valence-corrected chi connectivity index (χ3v) is 8.59. The Morgan fingerprint density at radius 2 is 1.96 bits per heavy atom. The first-order valence-electron chi connectivity index (χ1n) is 9.75. The third kappa shape index (κ3) is 2.13. The highest BCUT2D eigenvalue weighted by Crippen LogP contribution is 2.66. The van der Waals surface area contributed by atoms with Crippen LogP contribution >= 0.6 is 0 Å². The van der Waals surface area contributed by atoms with Crippen LogP contribution < -0.4 is 0 Å². The van der Waals surface area contributed by atoms with Crippen molar-refractivity contribution in [2.45, 2.75) is 78.2 Å². The Morgan fingerprint density at radius 3 is 2.70 bits per heavy atom. The summed E-state index contributed by atoms with van der Waals surface area (Å²) >= 11 is 0. The second kappa shape index (κ2) is 5.18. The molecule has 0 radical (unpaired) electrons. The number of rotatable bonds is 1. The number of hydrogen-bond donors (Lipinski definition) is 1. The normalized spacial score (nSPS) is 50.6. The Hall–Kier alpha value is -0.630. The van der Waals surface area contributed by atoms with Crippen LogP contribution in [0.25, 0.3) is 0 Å². The Bertz CT molecular complexity index is 548. The maximum atomic E-state index is 11.9. The summed E-state index contributed by atoms with van der Waals surface area (Å²) in [7, 11) is 0. The number of allylic oxidation sites excluding steroid dienone is 2. The number of aliphatic hydroxyl groups is 1. The minimum Gasteiger partial charge on any atom is -0.393 e. The average Bonchev–Trinajstić information content (AvgIpc) is 2.85. The number of hydrogen-bond acceptors (Lipinski definition) is 2. The first kappa shape index (κ1) is 15.9.